The Labute approximate surface area is 141 Å². The number of piperidine rings is 1. The molecule has 0 spiro atoms. The average Bonchev–Trinajstić information content (AvgIpc) is 3.07. The molecule has 0 aliphatic carbocycles. The molecule has 0 saturated carbocycles. The van der Waals surface area contributed by atoms with Crippen molar-refractivity contribution in [3.63, 3.8) is 0 Å². The molecule has 6 nitrogen and oxygen atoms in total. The molecule has 2 aliphatic rings. The zero-order valence-corrected chi connectivity index (χ0v) is 13.8. The van der Waals surface area contributed by atoms with E-state index < -0.39 is 0 Å². The first-order valence-corrected chi connectivity index (χ1v) is 8.73. The van der Waals surface area contributed by atoms with Crippen molar-refractivity contribution in [3.05, 3.63) is 30.2 Å². The zero-order valence-electron chi connectivity index (χ0n) is 13.8. The third-order valence-electron chi connectivity index (χ3n) is 4.89. The number of nitrogens with zero attached hydrogens (tertiary/aromatic N) is 3. The van der Waals surface area contributed by atoms with Crippen LogP contribution in [0.15, 0.2) is 28.7 Å². The normalized spacial score (nSPS) is 22.8. The van der Waals surface area contributed by atoms with E-state index >= 15 is 0 Å². The Balaban J connectivity index is 1.40. The topological polar surface area (TPSA) is 58.8 Å². The van der Waals surface area contributed by atoms with Crippen molar-refractivity contribution in [1.82, 2.24) is 14.8 Å². The summed E-state index contributed by atoms with van der Waals surface area (Å²) in [5.74, 6) is 1.28. The maximum atomic E-state index is 12.4. The lowest BCUT2D eigenvalue weighted by Gasteiger charge is -2.33. The number of carbonyl (C=O) groups excluding carboxylic acids is 1. The summed E-state index contributed by atoms with van der Waals surface area (Å²) in [5.41, 5.74) is 1.75. The molecular formula is C18H23N3O3. The van der Waals surface area contributed by atoms with Gasteiger partial charge in [-0.2, -0.15) is 0 Å². The minimum atomic E-state index is 0.205. The van der Waals surface area contributed by atoms with Gasteiger partial charge in [0.05, 0.1) is 19.8 Å². The van der Waals surface area contributed by atoms with E-state index in [1.165, 1.54) is 0 Å². The standard InChI is InChI=1S/C18H23N3O3/c22-17(21-8-10-23-11-9-21)13-20-7-3-4-14(12-20)18-19-15-5-1-2-6-16(15)24-18/h1-2,5-6,14H,3-4,7-13H2/t14-/m0/s1. The summed E-state index contributed by atoms with van der Waals surface area (Å²) in [5, 5.41) is 0. The summed E-state index contributed by atoms with van der Waals surface area (Å²) < 4.78 is 11.2. The van der Waals surface area contributed by atoms with Crippen molar-refractivity contribution in [1.29, 1.82) is 0 Å². The van der Waals surface area contributed by atoms with Crippen LogP contribution in [-0.2, 0) is 9.53 Å². The molecular weight excluding hydrogens is 306 g/mol. The number of oxazole rings is 1. The predicted molar refractivity (Wildman–Crippen MR) is 89.8 cm³/mol. The van der Waals surface area contributed by atoms with Gasteiger partial charge in [0.25, 0.3) is 0 Å². The van der Waals surface area contributed by atoms with Crippen LogP contribution in [0, 0.1) is 0 Å². The van der Waals surface area contributed by atoms with Gasteiger partial charge in [-0.1, -0.05) is 12.1 Å². The van der Waals surface area contributed by atoms with E-state index in [-0.39, 0.29) is 11.8 Å². The number of fused-ring (bicyclic) bond motifs is 1. The second kappa shape index (κ2) is 6.91. The second-order valence-corrected chi connectivity index (χ2v) is 6.59. The summed E-state index contributed by atoms with van der Waals surface area (Å²) in [6.45, 7) is 5.00. The van der Waals surface area contributed by atoms with E-state index in [1.807, 2.05) is 29.2 Å². The second-order valence-electron chi connectivity index (χ2n) is 6.59. The number of rotatable bonds is 3. The summed E-state index contributed by atoms with van der Waals surface area (Å²) in [4.78, 5) is 21.2. The van der Waals surface area contributed by atoms with Gasteiger partial charge >= 0.3 is 0 Å². The highest BCUT2D eigenvalue weighted by Crippen LogP contribution is 2.28. The Bertz CT molecular complexity index is 675. The average molecular weight is 329 g/mol. The van der Waals surface area contributed by atoms with Crippen LogP contribution in [-0.4, -0.2) is 66.6 Å². The van der Waals surface area contributed by atoms with E-state index in [9.17, 15) is 4.79 Å². The molecule has 2 aromatic rings. The number of benzene rings is 1. The molecule has 24 heavy (non-hydrogen) atoms. The van der Waals surface area contributed by atoms with Gasteiger partial charge < -0.3 is 14.1 Å². The van der Waals surface area contributed by atoms with Crippen molar-refractivity contribution in [2.75, 3.05) is 45.9 Å². The van der Waals surface area contributed by atoms with Gasteiger partial charge in [-0.15, -0.1) is 0 Å². The van der Waals surface area contributed by atoms with Gasteiger partial charge in [-0.3, -0.25) is 9.69 Å². The predicted octanol–water partition coefficient (Wildman–Crippen LogP) is 1.87. The van der Waals surface area contributed by atoms with Gasteiger partial charge in [0.2, 0.25) is 5.91 Å². The van der Waals surface area contributed by atoms with Crippen LogP contribution in [0.3, 0.4) is 0 Å². The van der Waals surface area contributed by atoms with Crippen molar-refractivity contribution >= 4 is 17.0 Å². The van der Waals surface area contributed by atoms with E-state index in [0.717, 1.165) is 42.9 Å². The Hall–Kier alpha value is -1.92. The SMILES string of the molecule is O=C(CN1CCC[C@H](c2nc3ccccc3o2)C1)N1CCOCC1. The number of hydrogen-bond donors (Lipinski definition) is 0. The molecule has 0 unspecified atom stereocenters. The first-order valence-electron chi connectivity index (χ1n) is 8.73. The fraction of sp³-hybridized carbons (Fsp3) is 0.556. The highest BCUT2D eigenvalue weighted by Gasteiger charge is 2.28. The molecule has 2 saturated heterocycles. The number of amides is 1. The lowest BCUT2D eigenvalue weighted by Crippen LogP contribution is -2.47. The first-order chi connectivity index (χ1) is 11.8. The number of hydrogen-bond acceptors (Lipinski definition) is 5. The molecule has 1 aromatic heterocycles. The monoisotopic (exact) mass is 329 g/mol. The molecule has 2 fully saturated rings. The molecule has 1 aromatic carbocycles. The van der Waals surface area contributed by atoms with Crippen LogP contribution in [0.2, 0.25) is 0 Å². The van der Waals surface area contributed by atoms with Crippen LogP contribution in [0.25, 0.3) is 11.1 Å². The molecule has 1 amide bonds. The number of para-hydroxylation sites is 2. The smallest absolute Gasteiger partial charge is 0.236 e. The number of aromatic nitrogens is 1. The van der Waals surface area contributed by atoms with Crippen LogP contribution < -0.4 is 0 Å². The highest BCUT2D eigenvalue weighted by molar-refractivity contribution is 5.78. The van der Waals surface area contributed by atoms with E-state index in [1.54, 1.807) is 0 Å². The number of morpholine rings is 1. The Morgan fingerprint density at radius 3 is 2.88 bits per heavy atom. The molecule has 128 valence electrons. The van der Waals surface area contributed by atoms with E-state index in [4.69, 9.17) is 9.15 Å². The molecule has 0 N–H and O–H groups in total. The van der Waals surface area contributed by atoms with E-state index in [2.05, 4.69) is 9.88 Å². The summed E-state index contributed by atoms with van der Waals surface area (Å²) >= 11 is 0. The molecule has 2 aliphatic heterocycles. The summed E-state index contributed by atoms with van der Waals surface area (Å²) in [7, 11) is 0. The summed E-state index contributed by atoms with van der Waals surface area (Å²) in [6.07, 6.45) is 2.13. The molecule has 6 heteroatoms. The molecule has 3 heterocycles. The molecule has 4 rings (SSSR count). The van der Waals surface area contributed by atoms with Crippen molar-refractivity contribution < 1.29 is 13.9 Å². The van der Waals surface area contributed by atoms with Gasteiger partial charge in [0.15, 0.2) is 11.5 Å². The molecule has 0 bridgehead atoms. The Morgan fingerprint density at radius 1 is 1.21 bits per heavy atom. The Kier molecular flexibility index (Phi) is 4.49. The van der Waals surface area contributed by atoms with Gasteiger partial charge in [-0.25, -0.2) is 4.98 Å². The number of likely N-dealkylation sites (tertiary alicyclic amines) is 1. The third-order valence-corrected chi connectivity index (χ3v) is 4.89. The maximum Gasteiger partial charge on any atom is 0.236 e. The lowest BCUT2D eigenvalue weighted by atomic mass is 9.98. The van der Waals surface area contributed by atoms with E-state index in [0.29, 0.717) is 32.8 Å². The van der Waals surface area contributed by atoms with Crippen LogP contribution in [0.1, 0.15) is 24.7 Å². The summed E-state index contributed by atoms with van der Waals surface area (Å²) in [6, 6.07) is 7.87. The third kappa shape index (κ3) is 3.30. The van der Waals surface area contributed by atoms with Crippen molar-refractivity contribution in [2.45, 2.75) is 18.8 Å². The first kappa shape index (κ1) is 15.6. The molecule has 1 atom stereocenters. The zero-order chi connectivity index (χ0) is 16.4. The quantitative estimate of drug-likeness (QED) is 0.860. The Morgan fingerprint density at radius 2 is 2.04 bits per heavy atom. The van der Waals surface area contributed by atoms with Crippen LogP contribution >= 0.6 is 0 Å². The minimum Gasteiger partial charge on any atom is -0.440 e. The fourth-order valence-corrected chi connectivity index (χ4v) is 3.57. The van der Waals surface area contributed by atoms with Crippen molar-refractivity contribution in [3.8, 4) is 0 Å². The largest absolute Gasteiger partial charge is 0.440 e. The number of ether oxygens (including phenoxy) is 1. The van der Waals surface area contributed by atoms with Crippen LogP contribution in [0.5, 0.6) is 0 Å². The lowest BCUT2D eigenvalue weighted by molar-refractivity contribution is -0.136. The number of carbonyl (C=O) groups is 1. The van der Waals surface area contributed by atoms with Gasteiger partial charge in [-0.05, 0) is 31.5 Å². The molecule has 0 radical (unpaired) electrons. The fourth-order valence-electron chi connectivity index (χ4n) is 3.57. The van der Waals surface area contributed by atoms with Crippen LogP contribution in [0.4, 0.5) is 0 Å². The highest BCUT2D eigenvalue weighted by atomic mass is 16.5. The van der Waals surface area contributed by atoms with Gasteiger partial charge in [0, 0.05) is 25.6 Å². The van der Waals surface area contributed by atoms with Crippen molar-refractivity contribution in [2.24, 2.45) is 0 Å². The minimum absolute atomic E-state index is 0.205. The maximum absolute atomic E-state index is 12.4. The van der Waals surface area contributed by atoms with Gasteiger partial charge in [0.1, 0.15) is 5.52 Å².